The Kier molecular flexibility index (Phi) is 4.30. The van der Waals surface area contributed by atoms with Gasteiger partial charge in [0, 0.05) is 23.1 Å². The smallest absolute Gasteiger partial charge is 0.226 e. The third kappa shape index (κ3) is 3.40. The van der Waals surface area contributed by atoms with Gasteiger partial charge in [-0.15, -0.1) is 0 Å². The van der Waals surface area contributed by atoms with E-state index in [0.717, 1.165) is 5.76 Å². The molecule has 0 saturated carbocycles. The second-order valence-electron chi connectivity index (χ2n) is 4.92. The van der Waals surface area contributed by atoms with E-state index in [0.29, 0.717) is 10.7 Å². The fourth-order valence-corrected chi connectivity index (χ4v) is 2.53. The maximum Gasteiger partial charge on any atom is 0.226 e. The first-order chi connectivity index (χ1) is 10.7. The molecule has 0 unspecified atom stereocenters. The van der Waals surface area contributed by atoms with Crippen molar-refractivity contribution in [2.45, 2.75) is 12.5 Å². The summed E-state index contributed by atoms with van der Waals surface area (Å²) in [7, 11) is 0. The fourth-order valence-electron chi connectivity index (χ4n) is 2.34. The van der Waals surface area contributed by atoms with Gasteiger partial charge in [-0.3, -0.25) is 4.79 Å². The summed E-state index contributed by atoms with van der Waals surface area (Å²) in [5.41, 5.74) is 0.684. The predicted octanol–water partition coefficient (Wildman–Crippen LogP) is 4.35. The highest BCUT2D eigenvalue weighted by Crippen LogP contribution is 2.24. The first-order valence-electron chi connectivity index (χ1n) is 6.93. The third-order valence-electron chi connectivity index (χ3n) is 3.35. The van der Waals surface area contributed by atoms with Crippen molar-refractivity contribution in [2.24, 2.45) is 0 Å². The molecule has 0 radical (unpaired) electrons. The number of nitrogens with zero attached hydrogens (tertiary/aromatic N) is 1. The first kappa shape index (κ1) is 14.5. The van der Waals surface area contributed by atoms with Crippen LogP contribution < -0.4 is 5.32 Å². The van der Waals surface area contributed by atoms with Crippen molar-refractivity contribution >= 4 is 23.2 Å². The molecule has 3 aromatic rings. The molecule has 0 saturated heterocycles. The zero-order chi connectivity index (χ0) is 15.4. The summed E-state index contributed by atoms with van der Waals surface area (Å²) in [5, 5.41) is 3.45. The maximum absolute atomic E-state index is 12.3. The van der Waals surface area contributed by atoms with Crippen molar-refractivity contribution in [3.05, 3.63) is 78.0 Å². The Labute approximate surface area is 133 Å². The Bertz CT molecular complexity index is 702. The molecule has 1 atom stereocenters. The van der Waals surface area contributed by atoms with E-state index in [2.05, 4.69) is 5.32 Å². The molecule has 0 aliphatic rings. The van der Waals surface area contributed by atoms with Crippen molar-refractivity contribution in [3.63, 3.8) is 0 Å². The average Bonchev–Trinajstić information content (AvgIpc) is 3.18. The number of rotatable bonds is 5. The molecule has 5 heteroatoms. The van der Waals surface area contributed by atoms with Crippen LogP contribution in [0.5, 0.6) is 0 Å². The lowest BCUT2D eigenvalue weighted by molar-refractivity contribution is -0.116. The standard InChI is InChI=1S/C17H15ClN2O2/c18-13-5-3-6-14(11-13)19-17(21)12-15(16-7-4-10-22-16)20-8-1-2-9-20/h1-11,15H,12H2,(H,19,21)/t15-/m0/s1. The van der Waals surface area contributed by atoms with Gasteiger partial charge in [0.25, 0.3) is 0 Å². The van der Waals surface area contributed by atoms with Gasteiger partial charge in [0.2, 0.25) is 5.91 Å². The molecule has 112 valence electrons. The number of benzene rings is 1. The number of aromatic nitrogens is 1. The van der Waals surface area contributed by atoms with E-state index in [1.165, 1.54) is 0 Å². The average molecular weight is 315 g/mol. The second-order valence-corrected chi connectivity index (χ2v) is 5.36. The lowest BCUT2D eigenvalue weighted by Gasteiger charge is -2.16. The third-order valence-corrected chi connectivity index (χ3v) is 3.58. The van der Waals surface area contributed by atoms with E-state index in [9.17, 15) is 4.79 Å². The normalized spacial score (nSPS) is 12.0. The zero-order valence-electron chi connectivity index (χ0n) is 11.8. The lowest BCUT2D eigenvalue weighted by Crippen LogP contribution is -2.19. The van der Waals surface area contributed by atoms with Crippen LogP contribution in [0.3, 0.4) is 0 Å². The van der Waals surface area contributed by atoms with Crippen LogP contribution in [0.1, 0.15) is 18.2 Å². The Morgan fingerprint density at radius 2 is 2.00 bits per heavy atom. The van der Waals surface area contributed by atoms with Crippen LogP contribution in [-0.4, -0.2) is 10.5 Å². The summed E-state index contributed by atoms with van der Waals surface area (Å²) in [4.78, 5) is 12.3. The Morgan fingerprint density at radius 3 is 2.68 bits per heavy atom. The minimum absolute atomic E-state index is 0.0997. The van der Waals surface area contributed by atoms with Gasteiger partial charge in [-0.1, -0.05) is 17.7 Å². The number of hydrogen-bond donors (Lipinski definition) is 1. The number of amides is 1. The fraction of sp³-hybridized carbons (Fsp3) is 0.118. The molecular formula is C17H15ClN2O2. The van der Waals surface area contributed by atoms with E-state index in [4.69, 9.17) is 16.0 Å². The van der Waals surface area contributed by atoms with E-state index >= 15 is 0 Å². The maximum atomic E-state index is 12.3. The van der Waals surface area contributed by atoms with Crippen molar-refractivity contribution in [1.29, 1.82) is 0 Å². The Balaban J connectivity index is 1.75. The monoisotopic (exact) mass is 314 g/mol. The van der Waals surface area contributed by atoms with Gasteiger partial charge < -0.3 is 14.3 Å². The van der Waals surface area contributed by atoms with Crippen LogP contribution in [0.2, 0.25) is 5.02 Å². The number of furan rings is 1. The first-order valence-corrected chi connectivity index (χ1v) is 7.31. The van der Waals surface area contributed by atoms with Gasteiger partial charge >= 0.3 is 0 Å². The molecule has 2 aromatic heterocycles. The van der Waals surface area contributed by atoms with Crippen molar-refractivity contribution in [2.75, 3.05) is 5.32 Å². The number of halogens is 1. The van der Waals surface area contributed by atoms with Crippen LogP contribution in [0.4, 0.5) is 5.69 Å². The molecule has 0 fully saturated rings. The number of carbonyl (C=O) groups excluding carboxylic acids is 1. The highest BCUT2D eigenvalue weighted by atomic mass is 35.5. The SMILES string of the molecule is O=C(C[C@@H](c1ccco1)n1cccc1)Nc1cccc(Cl)c1. The molecule has 0 aliphatic heterocycles. The van der Waals surface area contributed by atoms with E-state index in [1.54, 1.807) is 30.5 Å². The molecule has 22 heavy (non-hydrogen) atoms. The van der Waals surface area contributed by atoms with Gasteiger partial charge in [-0.05, 0) is 42.5 Å². The minimum atomic E-state index is -0.177. The van der Waals surface area contributed by atoms with Gasteiger partial charge in [0.1, 0.15) is 5.76 Å². The summed E-state index contributed by atoms with van der Waals surface area (Å²) < 4.78 is 7.42. The van der Waals surface area contributed by atoms with Crippen LogP contribution in [0.25, 0.3) is 0 Å². The second kappa shape index (κ2) is 6.54. The molecule has 1 aromatic carbocycles. The highest BCUT2D eigenvalue weighted by molar-refractivity contribution is 6.30. The van der Waals surface area contributed by atoms with Gasteiger partial charge in [0.15, 0.2) is 0 Å². The quantitative estimate of drug-likeness (QED) is 0.761. The van der Waals surface area contributed by atoms with E-state index < -0.39 is 0 Å². The molecule has 1 N–H and O–H groups in total. The summed E-state index contributed by atoms with van der Waals surface area (Å²) in [6, 6.07) is 14.5. The molecule has 1 amide bonds. The lowest BCUT2D eigenvalue weighted by atomic mass is 10.1. The van der Waals surface area contributed by atoms with Crippen LogP contribution in [0, 0.1) is 0 Å². The van der Waals surface area contributed by atoms with Gasteiger partial charge in [0.05, 0.1) is 18.7 Å². The molecule has 0 aliphatic carbocycles. The van der Waals surface area contributed by atoms with Gasteiger partial charge in [-0.25, -0.2) is 0 Å². The number of anilines is 1. The largest absolute Gasteiger partial charge is 0.467 e. The number of hydrogen-bond acceptors (Lipinski definition) is 2. The van der Waals surface area contributed by atoms with Crippen LogP contribution in [-0.2, 0) is 4.79 Å². The van der Waals surface area contributed by atoms with Crippen LogP contribution >= 0.6 is 11.6 Å². The number of carbonyl (C=O) groups is 1. The Morgan fingerprint density at radius 1 is 1.18 bits per heavy atom. The summed E-state index contributed by atoms with van der Waals surface area (Å²) in [6.45, 7) is 0. The van der Waals surface area contributed by atoms with Crippen molar-refractivity contribution in [3.8, 4) is 0 Å². The minimum Gasteiger partial charge on any atom is -0.467 e. The summed E-state index contributed by atoms with van der Waals surface area (Å²) in [5.74, 6) is 0.648. The molecule has 2 heterocycles. The highest BCUT2D eigenvalue weighted by Gasteiger charge is 2.19. The van der Waals surface area contributed by atoms with Crippen LogP contribution in [0.15, 0.2) is 71.6 Å². The molecule has 3 rings (SSSR count). The molecule has 0 spiro atoms. The molecule has 0 bridgehead atoms. The Hall–Kier alpha value is -2.46. The van der Waals surface area contributed by atoms with Crippen molar-refractivity contribution in [1.82, 2.24) is 4.57 Å². The summed E-state index contributed by atoms with van der Waals surface area (Å²) in [6.07, 6.45) is 5.72. The molecule has 4 nitrogen and oxygen atoms in total. The zero-order valence-corrected chi connectivity index (χ0v) is 12.5. The predicted molar refractivity (Wildman–Crippen MR) is 86.0 cm³/mol. The molecular weight excluding hydrogens is 300 g/mol. The van der Waals surface area contributed by atoms with Gasteiger partial charge in [-0.2, -0.15) is 0 Å². The van der Waals surface area contributed by atoms with Crippen molar-refractivity contribution < 1.29 is 9.21 Å². The topological polar surface area (TPSA) is 47.2 Å². The summed E-state index contributed by atoms with van der Waals surface area (Å²) >= 11 is 5.93. The number of nitrogens with one attached hydrogen (secondary N) is 1. The van der Waals surface area contributed by atoms with E-state index in [1.807, 2.05) is 41.2 Å². The van der Waals surface area contributed by atoms with E-state index in [-0.39, 0.29) is 18.4 Å².